The zero-order chi connectivity index (χ0) is 58.9. The van der Waals surface area contributed by atoms with E-state index >= 15 is 0 Å². The van der Waals surface area contributed by atoms with Crippen LogP contribution < -0.4 is 25.5 Å². The topological polar surface area (TPSA) is 280 Å². The SMILES string of the molecule is CCN(CC)c1ccc2c(-c3ccccc3C(=O)N3CCN(C(=O)CCC(=O)NC(CS(=O)(=O)[O-])C(=O)NCCN(C)CCCCCC(=O)ON4C(=O)CCC4=O)CC3)c3ccc(=[N+](CC)CC)cc-3oc2c1.O=C(O)C(F)(F)F. The molecule has 2 saturated heterocycles. The molecular formula is C54H69F3N8O14S. The van der Waals surface area contributed by atoms with E-state index in [-0.39, 0.29) is 76.6 Å². The number of hydroxylamine groups is 2. The van der Waals surface area contributed by atoms with Gasteiger partial charge in [0, 0.05) is 124 Å². The fourth-order valence-corrected chi connectivity index (χ4v) is 9.86. The summed E-state index contributed by atoms with van der Waals surface area (Å²) >= 11 is 0. The zero-order valence-electron chi connectivity index (χ0n) is 45.5. The van der Waals surface area contributed by atoms with Crippen LogP contribution in [-0.4, -0.2) is 182 Å². The van der Waals surface area contributed by atoms with Gasteiger partial charge in [-0.15, -0.1) is 5.06 Å². The smallest absolute Gasteiger partial charge is 0.490 e. The van der Waals surface area contributed by atoms with Gasteiger partial charge in [0.1, 0.15) is 30.5 Å². The second-order valence-electron chi connectivity index (χ2n) is 19.0. The minimum Gasteiger partial charge on any atom is -0.748 e. The summed E-state index contributed by atoms with van der Waals surface area (Å²) in [5.41, 5.74) is 4.72. The quantitative estimate of drug-likeness (QED) is 0.0296. The second kappa shape index (κ2) is 29.1. The summed E-state index contributed by atoms with van der Waals surface area (Å²) in [6, 6.07) is 18.2. The Labute approximate surface area is 461 Å². The molecule has 6 rings (SSSR count). The number of unbranched alkanes of at least 4 members (excludes halogenated alkanes) is 2. The third-order valence-corrected chi connectivity index (χ3v) is 14.3. The minimum absolute atomic E-state index is 0.0148. The predicted molar refractivity (Wildman–Crippen MR) is 286 cm³/mol. The molecule has 3 heterocycles. The van der Waals surface area contributed by atoms with E-state index in [0.717, 1.165) is 59.3 Å². The van der Waals surface area contributed by atoms with Crippen LogP contribution in [0, 0.1) is 0 Å². The number of carboxylic acids is 1. The number of anilines is 1. The molecule has 3 aliphatic heterocycles. The molecule has 3 N–H and O–H groups in total. The highest BCUT2D eigenvalue weighted by molar-refractivity contribution is 7.85. The molecular weight excluding hydrogens is 1070 g/mol. The molecule has 1 atom stereocenters. The Bertz CT molecular complexity index is 3030. The van der Waals surface area contributed by atoms with Gasteiger partial charge in [-0.2, -0.15) is 13.2 Å². The molecule has 1 unspecified atom stereocenters. The second-order valence-corrected chi connectivity index (χ2v) is 20.4. The molecule has 6 amide bonds. The van der Waals surface area contributed by atoms with E-state index in [1.54, 1.807) is 16.8 Å². The first-order valence-corrected chi connectivity index (χ1v) is 28.0. The van der Waals surface area contributed by atoms with E-state index in [2.05, 4.69) is 84.2 Å². The van der Waals surface area contributed by atoms with Crippen molar-refractivity contribution < 1.29 is 78.9 Å². The maximum atomic E-state index is 14.5. The van der Waals surface area contributed by atoms with Crippen LogP contribution in [-0.2, 0) is 48.5 Å². The summed E-state index contributed by atoms with van der Waals surface area (Å²) in [6.07, 6.45) is -3.89. The standard InChI is InChI=1S/C52H68N8O12S.C2HF3O2/c1-6-56(7-2)36-18-20-40-43(33-36)71-44-34-37(57(8-3)9-4)19-21-41(44)50(40)38-15-12-13-16-39(38)52(67)59-31-29-58(30-32-59)46(62)23-22-45(61)54-42(35-73(68,69)70)51(66)53-26-28-55(5)27-14-10-11-17-49(65)72-60-47(63)24-25-48(60)64;3-2(4,5)1(6)7/h12-13,15-16,18-21,33-34,42H,6-11,14,17,22-32,35H2,1-5H3,(H2-,53,54,61,66,68,69,70);(H,6,7). The molecule has 0 saturated carbocycles. The molecule has 436 valence electrons. The number of fused-ring (bicyclic) bond motifs is 2. The number of likely N-dealkylation sites (N-methyl/N-ethyl adjacent to an activating group) is 1. The van der Waals surface area contributed by atoms with Crippen LogP contribution in [0.2, 0.25) is 0 Å². The fraction of sp³-hybridized carbons (Fsp3) is 0.500. The van der Waals surface area contributed by atoms with Crippen molar-refractivity contribution in [3.05, 3.63) is 71.6 Å². The van der Waals surface area contributed by atoms with Gasteiger partial charge in [-0.3, -0.25) is 28.8 Å². The van der Waals surface area contributed by atoms with E-state index < -0.39 is 63.7 Å². The van der Waals surface area contributed by atoms with Crippen molar-refractivity contribution in [2.75, 3.05) is 89.7 Å². The van der Waals surface area contributed by atoms with Gasteiger partial charge in [0.05, 0.1) is 21.9 Å². The number of halogens is 3. The lowest BCUT2D eigenvalue weighted by molar-refractivity contribution is -0.197. The maximum absolute atomic E-state index is 14.5. The summed E-state index contributed by atoms with van der Waals surface area (Å²) in [5.74, 6) is -7.22. The lowest BCUT2D eigenvalue weighted by atomic mass is 9.90. The van der Waals surface area contributed by atoms with Gasteiger partial charge in [-0.05, 0) is 84.0 Å². The number of alkyl halides is 3. The molecule has 0 spiro atoms. The first-order chi connectivity index (χ1) is 37.9. The number of benzene rings is 3. The first kappa shape index (κ1) is 63.4. The number of nitrogens with zero attached hydrogens (tertiary/aromatic N) is 6. The van der Waals surface area contributed by atoms with Crippen LogP contribution in [0.5, 0.6) is 0 Å². The summed E-state index contributed by atoms with van der Waals surface area (Å²) in [6.45, 7) is 13.6. The number of hydrogen-bond acceptors (Lipinski definition) is 15. The highest BCUT2D eigenvalue weighted by Gasteiger charge is 2.38. The molecule has 2 aromatic rings. The summed E-state index contributed by atoms with van der Waals surface area (Å²) < 4.78 is 75.8. The number of imide groups is 1. The number of carbonyl (C=O) groups is 8. The molecule has 80 heavy (non-hydrogen) atoms. The molecule has 0 radical (unpaired) electrons. The van der Waals surface area contributed by atoms with Crippen molar-refractivity contribution in [1.29, 1.82) is 0 Å². The normalized spacial score (nSPS) is 14.2. The number of carboxylic acid groups (broad SMARTS) is 1. The average molecular weight is 1140 g/mol. The number of hydrogen-bond donors (Lipinski definition) is 3. The zero-order valence-corrected chi connectivity index (χ0v) is 46.3. The Morgan fingerprint density at radius 2 is 1.46 bits per heavy atom. The number of nitrogens with one attached hydrogen (secondary N) is 2. The van der Waals surface area contributed by atoms with E-state index in [1.807, 2.05) is 29.2 Å². The van der Waals surface area contributed by atoms with Gasteiger partial charge in [0.2, 0.25) is 23.1 Å². The van der Waals surface area contributed by atoms with Gasteiger partial charge in [0.25, 0.3) is 17.7 Å². The summed E-state index contributed by atoms with van der Waals surface area (Å²) in [5, 5.41) is 14.4. The maximum Gasteiger partial charge on any atom is 0.490 e. The van der Waals surface area contributed by atoms with E-state index in [4.69, 9.17) is 19.2 Å². The molecule has 1 aliphatic carbocycles. The van der Waals surface area contributed by atoms with Gasteiger partial charge in [-0.25, -0.2) is 22.6 Å². The predicted octanol–water partition coefficient (Wildman–Crippen LogP) is 3.81. The molecule has 0 bridgehead atoms. The highest BCUT2D eigenvalue weighted by Crippen LogP contribution is 2.42. The van der Waals surface area contributed by atoms with Crippen molar-refractivity contribution in [2.24, 2.45) is 0 Å². The Balaban J connectivity index is 0.00000157. The Hall–Kier alpha value is -7.45. The Morgan fingerprint density at radius 1 is 0.825 bits per heavy atom. The van der Waals surface area contributed by atoms with Gasteiger partial charge in [0.15, 0.2) is 0 Å². The van der Waals surface area contributed by atoms with Crippen molar-refractivity contribution in [3.8, 4) is 22.5 Å². The molecule has 26 heteroatoms. The molecule has 0 aromatic heterocycles. The summed E-state index contributed by atoms with van der Waals surface area (Å²) in [7, 11) is -3.16. The summed E-state index contributed by atoms with van der Waals surface area (Å²) in [4.78, 5) is 110. The van der Waals surface area contributed by atoms with Crippen LogP contribution in [0.3, 0.4) is 0 Å². The highest BCUT2D eigenvalue weighted by atomic mass is 32.2. The number of carbonyl (C=O) groups excluding carboxylic acids is 7. The van der Waals surface area contributed by atoms with E-state index in [1.165, 1.54) is 0 Å². The van der Waals surface area contributed by atoms with Crippen LogP contribution in [0.1, 0.15) is 89.4 Å². The fourth-order valence-electron chi connectivity index (χ4n) is 9.22. The van der Waals surface area contributed by atoms with Gasteiger partial charge in [-0.1, -0.05) is 24.6 Å². The van der Waals surface area contributed by atoms with Gasteiger partial charge < -0.3 is 49.1 Å². The largest absolute Gasteiger partial charge is 0.748 e. The molecule has 4 aliphatic rings. The number of rotatable bonds is 24. The van der Waals surface area contributed by atoms with Gasteiger partial charge >= 0.3 is 18.1 Å². The Morgan fingerprint density at radius 3 is 2.08 bits per heavy atom. The first-order valence-electron chi connectivity index (χ1n) is 26.4. The minimum atomic E-state index is -5.08. The van der Waals surface area contributed by atoms with Crippen molar-refractivity contribution in [3.63, 3.8) is 0 Å². The van der Waals surface area contributed by atoms with E-state index in [9.17, 15) is 59.7 Å². The van der Waals surface area contributed by atoms with Crippen LogP contribution in [0.15, 0.2) is 65.1 Å². The monoisotopic (exact) mass is 1140 g/mol. The lowest BCUT2D eigenvalue weighted by Gasteiger charge is -2.35. The number of piperazine rings is 1. The van der Waals surface area contributed by atoms with Crippen LogP contribution >= 0.6 is 0 Å². The van der Waals surface area contributed by atoms with Crippen LogP contribution in [0.25, 0.3) is 33.4 Å². The molecule has 22 nitrogen and oxygen atoms in total. The van der Waals surface area contributed by atoms with E-state index in [0.29, 0.717) is 54.3 Å². The Kier molecular flexibility index (Phi) is 23.1. The van der Waals surface area contributed by atoms with Crippen molar-refractivity contribution in [1.82, 2.24) is 35.0 Å². The van der Waals surface area contributed by atoms with Crippen LogP contribution in [0.4, 0.5) is 18.9 Å². The molecule has 2 fully saturated rings. The van der Waals surface area contributed by atoms with Crippen molar-refractivity contribution >= 4 is 74.2 Å². The average Bonchev–Trinajstić information content (AvgIpc) is 3.83. The lowest BCUT2D eigenvalue weighted by Crippen LogP contribution is -2.52. The third kappa shape index (κ3) is 17.8. The third-order valence-electron chi connectivity index (χ3n) is 13.5. The number of aliphatic carboxylic acids is 1. The molecule has 2 aromatic carbocycles. The van der Waals surface area contributed by atoms with Crippen molar-refractivity contribution in [2.45, 2.75) is 91.3 Å². The number of amides is 6.